The first kappa shape index (κ1) is 23.6. The van der Waals surface area contributed by atoms with E-state index in [1.807, 2.05) is 24.3 Å². The molecule has 3 heterocycles. The number of anilines is 2. The van der Waals surface area contributed by atoms with Gasteiger partial charge in [-0.1, -0.05) is 42.5 Å². The van der Waals surface area contributed by atoms with E-state index in [2.05, 4.69) is 58.9 Å². The minimum absolute atomic E-state index is 0.0346. The molecule has 2 aromatic carbocycles. The van der Waals surface area contributed by atoms with Crippen molar-refractivity contribution in [2.75, 3.05) is 30.9 Å². The van der Waals surface area contributed by atoms with Gasteiger partial charge in [0, 0.05) is 23.0 Å². The average molecular weight is 500 g/mol. The monoisotopic (exact) mass is 499 g/mol. The summed E-state index contributed by atoms with van der Waals surface area (Å²) in [5, 5.41) is 6.00. The van der Waals surface area contributed by atoms with Crippen LogP contribution in [-0.2, 0) is 16.8 Å². The van der Waals surface area contributed by atoms with Crippen molar-refractivity contribution >= 4 is 23.4 Å². The van der Waals surface area contributed by atoms with Crippen molar-refractivity contribution in [1.82, 2.24) is 15.2 Å². The molecule has 1 aliphatic carbocycles. The number of hydrogen-bond donors (Lipinski definition) is 2. The Hall–Kier alpha value is -3.78. The standard InChI is InChI=1S/C29H30FN5O2/c1-34(2)29(20-7-4-3-5-8-20)13-11-28(12-14-29)18-35(27(37)33-28)26-23(30)15-19(17-31-26)21-9-6-10-24-22(21)16-25(36)32-24/h3-10,15,17H,11-14,16,18H2,1-2H3,(H,32,36)(H,33,37). The summed E-state index contributed by atoms with van der Waals surface area (Å²) >= 11 is 0. The highest BCUT2D eigenvalue weighted by Crippen LogP contribution is 2.46. The first-order valence-corrected chi connectivity index (χ1v) is 12.7. The van der Waals surface area contributed by atoms with Gasteiger partial charge in [-0.3, -0.25) is 14.6 Å². The fourth-order valence-corrected chi connectivity index (χ4v) is 6.34. The summed E-state index contributed by atoms with van der Waals surface area (Å²) in [6, 6.07) is 17.1. The van der Waals surface area contributed by atoms with Crippen LogP contribution in [0.2, 0.25) is 0 Å². The molecule has 3 aromatic rings. The Bertz CT molecular complexity index is 1380. The van der Waals surface area contributed by atoms with Crippen molar-refractivity contribution < 1.29 is 14.0 Å². The number of pyridine rings is 1. The number of amides is 3. The second-order valence-electron chi connectivity index (χ2n) is 10.7. The molecule has 0 unspecified atom stereocenters. The Balaban J connectivity index is 1.23. The summed E-state index contributed by atoms with van der Waals surface area (Å²) in [4.78, 5) is 33.0. The van der Waals surface area contributed by atoms with Crippen LogP contribution in [0.4, 0.5) is 20.7 Å². The van der Waals surface area contributed by atoms with Gasteiger partial charge >= 0.3 is 6.03 Å². The van der Waals surface area contributed by atoms with Crippen molar-refractivity contribution in [2.24, 2.45) is 0 Å². The molecule has 0 bridgehead atoms. The third-order valence-electron chi connectivity index (χ3n) is 8.46. The van der Waals surface area contributed by atoms with Gasteiger partial charge in [-0.25, -0.2) is 14.2 Å². The van der Waals surface area contributed by atoms with Crippen LogP contribution < -0.4 is 15.5 Å². The number of nitrogens with one attached hydrogen (secondary N) is 2. The Kier molecular flexibility index (Phi) is 5.53. The molecule has 0 radical (unpaired) electrons. The summed E-state index contributed by atoms with van der Waals surface area (Å²) < 4.78 is 15.4. The minimum Gasteiger partial charge on any atom is -0.330 e. The maximum absolute atomic E-state index is 15.4. The molecule has 3 aliphatic rings. The van der Waals surface area contributed by atoms with Crippen molar-refractivity contribution in [3.63, 3.8) is 0 Å². The Labute approximate surface area is 215 Å². The zero-order valence-electron chi connectivity index (χ0n) is 21.1. The van der Waals surface area contributed by atoms with Gasteiger partial charge in [-0.2, -0.15) is 0 Å². The van der Waals surface area contributed by atoms with Gasteiger partial charge in [0.15, 0.2) is 11.6 Å². The number of aromatic nitrogens is 1. The summed E-state index contributed by atoms with van der Waals surface area (Å²) in [6.45, 7) is 0.382. The van der Waals surface area contributed by atoms with E-state index in [4.69, 9.17) is 0 Å². The van der Waals surface area contributed by atoms with Gasteiger partial charge in [-0.15, -0.1) is 0 Å². The zero-order chi connectivity index (χ0) is 25.8. The minimum atomic E-state index is -0.553. The first-order valence-electron chi connectivity index (χ1n) is 12.7. The van der Waals surface area contributed by atoms with E-state index < -0.39 is 11.4 Å². The fraction of sp³-hybridized carbons (Fsp3) is 0.345. The molecule has 2 aliphatic heterocycles. The molecule has 1 spiro atoms. The van der Waals surface area contributed by atoms with Crippen molar-refractivity contribution in [2.45, 2.75) is 43.2 Å². The number of carbonyl (C=O) groups is 2. The van der Waals surface area contributed by atoms with Crippen LogP contribution in [0, 0.1) is 5.82 Å². The van der Waals surface area contributed by atoms with E-state index in [-0.39, 0.29) is 29.7 Å². The molecular formula is C29H30FN5O2. The molecule has 8 heteroatoms. The van der Waals surface area contributed by atoms with E-state index in [0.717, 1.165) is 42.5 Å². The molecule has 2 N–H and O–H groups in total. The lowest BCUT2D eigenvalue weighted by Crippen LogP contribution is -2.54. The predicted molar refractivity (Wildman–Crippen MR) is 141 cm³/mol. The smallest absolute Gasteiger partial charge is 0.323 e. The lowest BCUT2D eigenvalue weighted by molar-refractivity contribution is -0.115. The van der Waals surface area contributed by atoms with Crippen LogP contribution in [0.3, 0.4) is 0 Å². The summed E-state index contributed by atoms with van der Waals surface area (Å²) in [6.07, 6.45) is 5.20. The topological polar surface area (TPSA) is 77.6 Å². The number of hydrogen-bond acceptors (Lipinski definition) is 4. The number of urea groups is 1. The number of carbonyl (C=O) groups excluding carboxylic acids is 2. The van der Waals surface area contributed by atoms with Crippen LogP contribution in [-0.4, -0.2) is 48.0 Å². The highest BCUT2D eigenvalue weighted by atomic mass is 19.1. The molecule has 1 saturated heterocycles. The predicted octanol–water partition coefficient (Wildman–Crippen LogP) is 4.68. The number of benzene rings is 2. The third-order valence-corrected chi connectivity index (χ3v) is 8.46. The Morgan fingerprint density at radius 3 is 2.46 bits per heavy atom. The summed E-state index contributed by atoms with van der Waals surface area (Å²) in [5.74, 6) is -0.598. The van der Waals surface area contributed by atoms with Crippen LogP contribution in [0.25, 0.3) is 11.1 Å². The van der Waals surface area contributed by atoms with Crippen LogP contribution in [0.1, 0.15) is 36.8 Å². The third kappa shape index (κ3) is 3.87. The highest BCUT2D eigenvalue weighted by Gasteiger charge is 2.50. The SMILES string of the molecule is CN(C)C1(c2ccccc2)CCC2(CC1)CN(c1ncc(-c3cccc4c3CC(=O)N4)cc1F)C(=O)N2. The maximum atomic E-state index is 15.4. The van der Waals surface area contributed by atoms with Crippen molar-refractivity contribution in [1.29, 1.82) is 0 Å². The van der Waals surface area contributed by atoms with Gasteiger partial charge in [0.2, 0.25) is 5.91 Å². The van der Waals surface area contributed by atoms with Gasteiger partial charge in [-0.05, 0) is 68.6 Å². The molecule has 3 amide bonds. The van der Waals surface area contributed by atoms with Gasteiger partial charge in [0.1, 0.15) is 0 Å². The van der Waals surface area contributed by atoms with Crippen LogP contribution >= 0.6 is 0 Å². The number of fused-ring (bicyclic) bond motifs is 1. The molecule has 0 atom stereocenters. The highest BCUT2D eigenvalue weighted by molar-refractivity contribution is 6.02. The summed E-state index contributed by atoms with van der Waals surface area (Å²) in [5.41, 5.74) is 3.71. The Morgan fingerprint density at radius 1 is 1.00 bits per heavy atom. The van der Waals surface area contributed by atoms with Crippen molar-refractivity contribution in [3.8, 4) is 11.1 Å². The molecule has 1 aromatic heterocycles. The lowest BCUT2D eigenvalue weighted by Gasteiger charge is -2.48. The molecule has 190 valence electrons. The molecule has 6 rings (SSSR count). The van der Waals surface area contributed by atoms with E-state index in [9.17, 15) is 9.59 Å². The molecule has 2 fully saturated rings. The average Bonchev–Trinajstić information content (AvgIpc) is 3.43. The zero-order valence-corrected chi connectivity index (χ0v) is 21.1. The van der Waals surface area contributed by atoms with Crippen LogP contribution in [0.15, 0.2) is 60.8 Å². The first-order chi connectivity index (χ1) is 17.8. The fourth-order valence-electron chi connectivity index (χ4n) is 6.34. The second-order valence-corrected chi connectivity index (χ2v) is 10.7. The summed E-state index contributed by atoms with van der Waals surface area (Å²) in [7, 11) is 4.22. The van der Waals surface area contributed by atoms with E-state index in [1.165, 1.54) is 16.5 Å². The van der Waals surface area contributed by atoms with E-state index in [1.54, 1.807) is 6.20 Å². The lowest BCUT2D eigenvalue weighted by atomic mass is 9.69. The van der Waals surface area contributed by atoms with E-state index in [0.29, 0.717) is 12.1 Å². The van der Waals surface area contributed by atoms with Gasteiger partial charge in [0.05, 0.1) is 18.5 Å². The quantitative estimate of drug-likeness (QED) is 0.547. The maximum Gasteiger partial charge on any atom is 0.323 e. The molecular weight excluding hydrogens is 469 g/mol. The van der Waals surface area contributed by atoms with Gasteiger partial charge in [0.25, 0.3) is 0 Å². The van der Waals surface area contributed by atoms with Gasteiger partial charge < -0.3 is 10.6 Å². The van der Waals surface area contributed by atoms with Crippen molar-refractivity contribution in [3.05, 3.63) is 77.7 Å². The molecule has 7 nitrogen and oxygen atoms in total. The second kappa shape index (κ2) is 8.66. The molecule has 37 heavy (non-hydrogen) atoms. The van der Waals surface area contributed by atoms with E-state index >= 15 is 4.39 Å². The molecule has 1 saturated carbocycles. The number of nitrogens with zero attached hydrogens (tertiary/aromatic N) is 3. The Morgan fingerprint density at radius 2 is 1.76 bits per heavy atom. The number of halogens is 1. The number of rotatable bonds is 4. The normalized spacial score (nSPS) is 24.9. The van der Waals surface area contributed by atoms with Crippen LogP contribution in [0.5, 0.6) is 0 Å². The largest absolute Gasteiger partial charge is 0.330 e.